The summed E-state index contributed by atoms with van der Waals surface area (Å²) in [6.07, 6.45) is 3.52. The second-order valence-electron chi connectivity index (χ2n) is 9.74. The first-order valence-corrected chi connectivity index (χ1v) is 12.6. The van der Waals surface area contributed by atoms with Gasteiger partial charge in [-0.2, -0.15) is 5.10 Å². The summed E-state index contributed by atoms with van der Waals surface area (Å²) in [5.74, 6) is -0.163. The van der Waals surface area contributed by atoms with Crippen LogP contribution in [0.5, 0.6) is 0 Å². The summed E-state index contributed by atoms with van der Waals surface area (Å²) in [5, 5.41) is 8.95. The fourth-order valence-electron chi connectivity index (χ4n) is 5.25. The Balaban J connectivity index is 1.23. The number of hydrogen-bond acceptors (Lipinski definition) is 4. The van der Waals surface area contributed by atoms with Crippen LogP contribution in [0.4, 0.5) is 0 Å². The smallest absolute Gasteiger partial charge is 0.276 e. The van der Waals surface area contributed by atoms with Crippen LogP contribution in [0.25, 0.3) is 10.8 Å². The van der Waals surface area contributed by atoms with E-state index in [0.29, 0.717) is 11.9 Å². The SMILES string of the molecule is Cc1c2cnn(CC(=O)NC3CCN(Cc4ccccc4)CC3)c(=O)c2c(C)n1Cc1ccccc1. The molecule has 1 aliphatic rings. The molecular weight excluding hydrogens is 450 g/mol. The normalized spacial score (nSPS) is 14.8. The topological polar surface area (TPSA) is 72.2 Å². The lowest BCUT2D eigenvalue weighted by Crippen LogP contribution is -2.46. The molecule has 0 atom stereocenters. The lowest BCUT2D eigenvalue weighted by molar-refractivity contribution is -0.122. The number of amides is 1. The van der Waals surface area contributed by atoms with E-state index in [2.05, 4.69) is 56.3 Å². The molecule has 186 valence electrons. The van der Waals surface area contributed by atoms with E-state index in [1.807, 2.05) is 38.1 Å². The number of hydrogen-bond donors (Lipinski definition) is 1. The minimum Gasteiger partial charge on any atom is -0.352 e. The molecule has 0 spiro atoms. The van der Waals surface area contributed by atoms with Gasteiger partial charge in [0.15, 0.2) is 0 Å². The number of aromatic nitrogens is 3. The molecule has 1 saturated heterocycles. The molecule has 4 aromatic rings. The Kier molecular flexibility index (Phi) is 7.00. The highest BCUT2D eigenvalue weighted by molar-refractivity contribution is 5.87. The molecular formula is C29H33N5O2. The molecule has 5 rings (SSSR count). The van der Waals surface area contributed by atoms with E-state index >= 15 is 0 Å². The van der Waals surface area contributed by atoms with E-state index in [4.69, 9.17) is 0 Å². The average molecular weight is 484 g/mol. The van der Waals surface area contributed by atoms with Crippen LogP contribution in [-0.2, 0) is 24.4 Å². The lowest BCUT2D eigenvalue weighted by Gasteiger charge is -2.32. The van der Waals surface area contributed by atoms with E-state index in [1.165, 1.54) is 15.8 Å². The van der Waals surface area contributed by atoms with Crippen molar-refractivity contribution in [1.82, 2.24) is 24.6 Å². The van der Waals surface area contributed by atoms with Gasteiger partial charge in [-0.25, -0.2) is 4.68 Å². The highest BCUT2D eigenvalue weighted by atomic mass is 16.2. The van der Waals surface area contributed by atoms with Crippen molar-refractivity contribution in [2.75, 3.05) is 13.1 Å². The minimum atomic E-state index is -0.215. The van der Waals surface area contributed by atoms with Crippen LogP contribution in [0, 0.1) is 13.8 Å². The van der Waals surface area contributed by atoms with Crippen LogP contribution < -0.4 is 10.9 Å². The largest absolute Gasteiger partial charge is 0.352 e. The third-order valence-corrected chi connectivity index (χ3v) is 7.28. The number of piperidine rings is 1. The quantitative estimate of drug-likeness (QED) is 0.436. The molecule has 2 aromatic heterocycles. The van der Waals surface area contributed by atoms with E-state index in [1.54, 1.807) is 6.20 Å². The Morgan fingerprint density at radius 2 is 1.53 bits per heavy atom. The molecule has 0 radical (unpaired) electrons. The molecule has 1 N–H and O–H groups in total. The molecule has 36 heavy (non-hydrogen) atoms. The number of benzene rings is 2. The van der Waals surface area contributed by atoms with Gasteiger partial charge in [0.2, 0.25) is 5.91 Å². The maximum atomic E-state index is 13.3. The predicted octanol–water partition coefficient (Wildman–Crippen LogP) is 3.64. The average Bonchev–Trinajstić information content (AvgIpc) is 3.13. The number of carbonyl (C=O) groups excluding carboxylic acids is 1. The highest BCUT2D eigenvalue weighted by Crippen LogP contribution is 2.23. The monoisotopic (exact) mass is 483 g/mol. The van der Waals surface area contributed by atoms with Crippen LogP contribution in [0.2, 0.25) is 0 Å². The van der Waals surface area contributed by atoms with Crippen LogP contribution in [-0.4, -0.2) is 44.3 Å². The Labute approximate surface area is 211 Å². The molecule has 0 aliphatic carbocycles. The van der Waals surface area contributed by atoms with Crippen molar-refractivity contribution in [3.8, 4) is 0 Å². The summed E-state index contributed by atoms with van der Waals surface area (Å²) in [4.78, 5) is 28.5. The van der Waals surface area contributed by atoms with Gasteiger partial charge in [0.05, 0.1) is 11.6 Å². The fraction of sp³-hybridized carbons (Fsp3) is 0.345. The van der Waals surface area contributed by atoms with Crippen LogP contribution in [0.15, 0.2) is 71.7 Å². The minimum absolute atomic E-state index is 0.0681. The molecule has 2 aromatic carbocycles. The Bertz CT molecular complexity index is 1400. The summed E-state index contributed by atoms with van der Waals surface area (Å²) in [7, 11) is 0. The van der Waals surface area contributed by atoms with Crippen molar-refractivity contribution >= 4 is 16.7 Å². The van der Waals surface area contributed by atoms with Gasteiger partial charge in [-0.15, -0.1) is 0 Å². The lowest BCUT2D eigenvalue weighted by atomic mass is 10.0. The van der Waals surface area contributed by atoms with Gasteiger partial charge in [-0.1, -0.05) is 60.7 Å². The van der Waals surface area contributed by atoms with Crippen molar-refractivity contribution in [3.63, 3.8) is 0 Å². The van der Waals surface area contributed by atoms with Gasteiger partial charge in [0, 0.05) is 49.0 Å². The maximum Gasteiger partial charge on any atom is 0.276 e. The molecule has 1 amide bonds. The predicted molar refractivity (Wildman–Crippen MR) is 142 cm³/mol. The van der Waals surface area contributed by atoms with Crippen molar-refractivity contribution < 1.29 is 4.79 Å². The highest BCUT2D eigenvalue weighted by Gasteiger charge is 2.22. The summed E-state index contributed by atoms with van der Waals surface area (Å²) >= 11 is 0. The molecule has 0 bridgehead atoms. The number of rotatable bonds is 7. The Hall–Kier alpha value is -3.71. The summed E-state index contributed by atoms with van der Waals surface area (Å²) < 4.78 is 3.44. The van der Waals surface area contributed by atoms with Gasteiger partial charge in [0.1, 0.15) is 6.54 Å². The van der Waals surface area contributed by atoms with Gasteiger partial charge < -0.3 is 9.88 Å². The van der Waals surface area contributed by atoms with E-state index in [9.17, 15) is 9.59 Å². The molecule has 0 unspecified atom stereocenters. The van der Waals surface area contributed by atoms with Crippen molar-refractivity contribution in [1.29, 1.82) is 0 Å². The van der Waals surface area contributed by atoms with Crippen molar-refractivity contribution in [3.05, 3.63) is 99.7 Å². The Morgan fingerprint density at radius 3 is 2.17 bits per heavy atom. The van der Waals surface area contributed by atoms with Crippen molar-refractivity contribution in [2.24, 2.45) is 0 Å². The first kappa shape index (κ1) is 24.0. The van der Waals surface area contributed by atoms with E-state index < -0.39 is 0 Å². The Morgan fingerprint density at radius 1 is 0.917 bits per heavy atom. The molecule has 3 heterocycles. The van der Waals surface area contributed by atoms with E-state index in [0.717, 1.165) is 49.2 Å². The molecule has 7 nitrogen and oxygen atoms in total. The number of aryl methyl sites for hydroxylation is 2. The van der Waals surface area contributed by atoms with Gasteiger partial charge in [0.25, 0.3) is 5.56 Å². The number of nitrogens with zero attached hydrogens (tertiary/aromatic N) is 4. The fourth-order valence-corrected chi connectivity index (χ4v) is 5.25. The maximum absolute atomic E-state index is 13.3. The van der Waals surface area contributed by atoms with Crippen LogP contribution >= 0.6 is 0 Å². The second-order valence-corrected chi connectivity index (χ2v) is 9.74. The van der Waals surface area contributed by atoms with Gasteiger partial charge in [-0.3, -0.25) is 14.5 Å². The number of carbonyl (C=O) groups is 1. The summed E-state index contributed by atoms with van der Waals surface area (Å²) in [6.45, 7) is 7.42. The standard InChI is InChI=1S/C29H33N5O2/c1-21-26-17-30-34(29(36)28(26)22(2)33(21)19-24-11-7-4-8-12-24)20-27(35)31-25-13-15-32(16-14-25)18-23-9-5-3-6-10-23/h3-12,17,25H,13-16,18-20H2,1-2H3,(H,31,35). The first-order valence-electron chi connectivity index (χ1n) is 12.6. The van der Waals surface area contributed by atoms with Crippen LogP contribution in [0.1, 0.15) is 35.4 Å². The van der Waals surface area contributed by atoms with Crippen LogP contribution in [0.3, 0.4) is 0 Å². The van der Waals surface area contributed by atoms with Gasteiger partial charge in [-0.05, 0) is 37.8 Å². The molecule has 1 fully saturated rings. The second kappa shape index (κ2) is 10.5. The van der Waals surface area contributed by atoms with Crippen molar-refractivity contribution in [2.45, 2.75) is 52.4 Å². The first-order chi connectivity index (χ1) is 17.5. The summed E-state index contributed by atoms with van der Waals surface area (Å²) in [6, 6.07) is 20.8. The zero-order chi connectivity index (χ0) is 25.1. The zero-order valence-corrected chi connectivity index (χ0v) is 21.0. The number of nitrogens with one attached hydrogen (secondary N) is 1. The molecule has 7 heteroatoms. The zero-order valence-electron chi connectivity index (χ0n) is 21.0. The number of likely N-dealkylation sites (tertiary alicyclic amines) is 1. The van der Waals surface area contributed by atoms with Gasteiger partial charge >= 0.3 is 0 Å². The van der Waals surface area contributed by atoms with E-state index in [-0.39, 0.29) is 24.1 Å². The molecule has 0 saturated carbocycles. The number of fused-ring (bicyclic) bond motifs is 1. The third-order valence-electron chi connectivity index (χ3n) is 7.28. The summed E-state index contributed by atoms with van der Waals surface area (Å²) in [5.41, 5.74) is 4.18. The molecule has 1 aliphatic heterocycles. The third kappa shape index (κ3) is 5.11.